The first kappa shape index (κ1) is 13.6. The number of nitrogen functional groups attached to an aromatic ring is 1. The smallest absolute Gasteiger partial charge is 0.274 e. The van der Waals surface area contributed by atoms with Gasteiger partial charge in [0.1, 0.15) is 6.04 Å². The number of nitrogens with two attached hydrogens (primary N) is 1. The molecule has 0 aliphatic carbocycles. The number of aryl methyl sites for hydroxylation is 1. The van der Waals surface area contributed by atoms with E-state index in [-0.39, 0.29) is 17.2 Å². The maximum absolute atomic E-state index is 12.4. The van der Waals surface area contributed by atoms with Crippen molar-refractivity contribution in [2.45, 2.75) is 39.2 Å². The van der Waals surface area contributed by atoms with Gasteiger partial charge in [0, 0.05) is 18.8 Å². The molecule has 0 bridgehead atoms. The summed E-state index contributed by atoms with van der Waals surface area (Å²) in [7, 11) is 0. The molecule has 0 radical (unpaired) electrons. The van der Waals surface area contributed by atoms with Crippen LogP contribution in [0.5, 0.6) is 0 Å². The molecule has 1 aliphatic rings. The quantitative estimate of drug-likeness (QED) is 0.874. The number of carbonyl (C=O) groups is 1. The lowest BCUT2D eigenvalue weighted by Gasteiger charge is -2.30. The Balaban J connectivity index is 2.28. The molecule has 0 saturated carbocycles. The number of hydrogen-bond acceptors (Lipinski definition) is 3. The summed E-state index contributed by atoms with van der Waals surface area (Å²) in [4.78, 5) is 26.4. The van der Waals surface area contributed by atoms with Gasteiger partial charge >= 0.3 is 0 Å². The molecule has 0 spiro atoms. The Bertz CT molecular complexity index is 530. The fraction of sp³-hybridized carbons (Fsp3) is 0.571. The molecule has 1 aromatic rings. The van der Waals surface area contributed by atoms with E-state index >= 15 is 0 Å². The molecule has 1 amide bonds. The predicted octanol–water partition coefficient (Wildman–Crippen LogP) is 1.31. The number of aromatic nitrogens is 1. The van der Waals surface area contributed by atoms with Crippen molar-refractivity contribution in [3.63, 3.8) is 0 Å². The first-order valence-corrected chi connectivity index (χ1v) is 6.79. The molecule has 5 heteroatoms. The van der Waals surface area contributed by atoms with Gasteiger partial charge in [0.05, 0.1) is 5.69 Å². The minimum Gasteiger partial charge on any atom is -0.394 e. The minimum atomic E-state index is -0.492. The van der Waals surface area contributed by atoms with Gasteiger partial charge in [-0.05, 0) is 45.2 Å². The summed E-state index contributed by atoms with van der Waals surface area (Å²) in [6, 6.07) is 2.87. The van der Waals surface area contributed by atoms with Crippen LogP contribution in [-0.4, -0.2) is 28.5 Å². The zero-order valence-electron chi connectivity index (χ0n) is 11.6. The number of nitrogens with zero attached hydrogens (tertiary/aromatic N) is 2. The number of carbonyl (C=O) groups excluding carboxylic acids is 1. The second-order valence-electron chi connectivity index (χ2n) is 5.17. The van der Waals surface area contributed by atoms with Crippen molar-refractivity contribution < 1.29 is 4.79 Å². The SMILES string of the molecule is Cc1ccc(N)c(=O)n1[C@H](C)C(=O)N1CCCCC1. The van der Waals surface area contributed by atoms with Crippen molar-refractivity contribution in [3.05, 3.63) is 28.2 Å². The van der Waals surface area contributed by atoms with Gasteiger partial charge in [-0.25, -0.2) is 0 Å². The van der Waals surface area contributed by atoms with E-state index in [1.807, 2.05) is 11.8 Å². The highest BCUT2D eigenvalue weighted by atomic mass is 16.2. The van der Waals surface area contributed by atoms with Crippen molar-refractivity contribution in [1.82, 2.24) is 9.47 Å². The lowest BCUT2D eigenvalue weighted by molar-refractivity contribution is -0.135. The van der Waals surface area contributed by atoms with Gasteiger partial charge in [-0.1, -0.05) is 0 Å². The molecular formula is C14H21N3O2. The van der Waals surface area contributed by atoms with Crippen LogP contribution in [0, 0.1) is 6.92 Å². The summed E-state index contributed by atoms with van der Waals surface area (Å²) in [6.45, 7) is 5.17. The molecule has 2 rings (SSSR count). The molecule has 2 heterocycles. The van der Waals surface area contributed by atoms with E-state index in [1.54, 1.807) is 19.1 Å². The Kier molecular flexibility index (Phi) is 3.93. The van der Waals surface area contributed by atoms with E-state index in [2.05, 4.69) is 0 Å². The third-order valence-corrected chi connectivity index (χ3v) is 3.76. The zero-order chi connectivity index (χ0) is 14.0. The summed E-state index contributed by atoms with van der Waals surface area (Å²) in [6.07, 6.45) is 3.27. The van der Waals surface area contributed by atoms with Crippen LogP contribution in [0.25, 0.3) is 0 Å². The molecule has 0 unspecified atom stereocenters. The molecule has 5 nitrogen and oxygen atoms in total. The maximum Gasteiger partial charge on any atom is 0.274 e. The highest BCUT2D eigenvalue weighted by Crippen LogP contribution is 2.16. The molecule has 19 heavy (non-hydrogen) atoms. The second-order valence-corrected chi connectivity index (χ2v) is 5.17. The summed E-state index contributed by atoms with van der Waals surface area (Å²) in [5.41, 5.74) is 6.31. The lowest BCUT2D eigenvalue weighted by atomic mass is 10.1. The van der Waals surface area contributed by atoms with E-state index in [4.69, 9.17) is 5.73 Å². The van der Waals surface area contributed by atoms with Gasteiger partial charge in [0.2, 0.25) is 5.91 Å². The van der Waals surface area contributed by atoms with Gasteiger partial charge in [-0.3, -0.25) is 14.2 Å². The standard InChI is InChI=1S/C14H21N3O2/c1-10-6-7-12(15)14(19)17(10)11(2)13(18)16-8-4-3-5-9-16/h6-7,11H,3-5,8-9,15H2,1-2H3/t11-/m1/s1. The van der Waals surface area contributed by atoms with Gasteiger partial charge in [-0.15, -0.1) is 0 Å². The van der Waals surface area contributed by atoms with Crippen molar-refractivity contribution in [3.8, 4) is 0 Å². The number of piperidine rings is 1. The molecule has 2 N–H and O–H groups in total. The lowest BCUT2D eigenvalue weighted by Crippen LogP contribution is -2.42. The van der Waals surface area contributed by atoms with Crippen LogP contribution in [0.3, 0.4) is 0 Å². The fourth-order valence-corrected chi connectivity index (χ4v) is 2.63. The van der Waals surface area contributed by atoms with Gasteiger partial charge in [0.15, 0.2) is 0 Å². The van der Waals surface area contributed by atoms with E-state index in [0.29, 0.717) is 0 Å². The van der Waals surface area contributed by atoms with Crippen LogP contribution >= 0.6 is 0 Å². The number of pyridine rings is 1. The number of hydrogen-bond donors (Lipinski definition) is 1. The summed E-state index contributed by atoms with van der Waals surface area (Å²) < 4.78 is 1.49. The van der Waals surface area contributed by atoms with Gasteiger partial charge < -0.3 is 10.6 Å². The summed E-state index contributed by atoms with van der Waals surface area (Å²) in [5.74, 6) is 0.00972. The third kappa shape index (κ3) is 2.64. The second kappa shape index (κ2) is 5.47. The molecule has 1 atom stereocenters. The Morgan fingerprint density at radius 2 is 1.89 bits per heavy atom. The van der Waals surface area contributed by atoms with Crippen LogP contribution in [0.2, 0.25) is 0 Å². The molecule has 104 valence electrons. The monoisotopic (exact) mass is 263 g/mol. The van der Waals surface area contributed by atoms with Crippen molar-refractivity contribution >= 4 is 11.6 Å². The van der Waals surface area contributed by atoms with Gasteiger partial charge in [0.25, 0.3) is 5.56 Å². The first-order chi connectivity index (χ1) is 9.02. The Hall–Kier alpha value is -1.78. The van der Waals surface area contributed by atoms with E-state index < -0.39 is 6.04 Å². The van der Waals surface area contributed by atoms with E-state index in [9.17, 15) is 9.59 Å². The van der Waals surface area contributed by atoms with Crippen LogP contribution in [0.1, 0.15) is 37.9 Å². The molecule has 1 fully saturated rings. The molecule has 1 saturated heterocycles. The normalized spacial score (nSPS) is 17.3. The van der Waals surface area contributed by atoms with Crippen molar-refractivity contribution in [1.29, 1.82) is 0 Å². The molecule has 1 aliphatic heterocycles. The van der Waals surface area contributed by atoms with E-state index in [0.717, 1.165) is 31.6 Å². The number of rotatable bonds is 2. The Morgan fingerprint density at radius 3 is 2.53 bits per heavy atom. The average molecular weight is 263 g/mol. The highest BCUT2D eigenvalue weighted by molar-refractivity contribution is 5.80. The molecule has 0 aromatic carbocycles. The number of likely N-dealkylation sites (tertiary alicyclic amines) is 1. The molecular weight excluding hydrogens is 242 g/mol. The highest BCUT2D eigenvalue weighted by Gasteiger charge is 2.25. The van der Waals surface area contributed by atoms with Crippen LogP contribution in [0.4, 0.5) is 5.69 Å². The van der Waals surface area contributed by atoms with Crippen LogP contribution < -0.4 is 11.3 Å². The number of anilines is 1. The number of amides is 1. The van der Waals surface area contributed by atoms with Crippen molar-refractivity contribution in [2.75, 3.05) is 18.8 Å². The summed E-state index contributed by atoms with van der Waals surface area (Å²) in [5, 5.41) is 0. The van der Waals surface area contributed by atoms with Crippen LogP contribution in [0.15, 0.2) is 16.9 Å². The Labute approximate surface area is 113 Å². The topological polar surface area (TPSA) is 68.3 Å². The predicted molar refractivity (Wildman–Crippen MR) is 75.0 cm³/mol. The van der Waals surface area contributed by atoms with E-state index in [1.165, 1.54) is 11.0 Å². The Morgan fingerprint density at radius 1 is 1.26 bits per heavy atom. The molecule has 1 aromatic heterocycles. The largest absolute Gasteiger partial charge is 0.394 e. The van der Waals surface area contributed by atoms with Crippen molar-refractivity contribution in [2.24, 2.45) is 0 Å². The zero-order valence-corrected chi connectivity index (χ0v) is 11.6. The van der Waals surface area contributed by atoms with Gasteiger partial charge in [-0.2, -0.15) is 0 Å². The van der Waals surface area contributed by atoms with Crippen LogP contribution in [-0.2, 0) is 4.79 Å². The minimum absolute atomic E-state index is 0.00972. The first-order valence-electron chi connectivity index (χ1n) is 6.79. The average Bonchev–Trinajstić information content (AvgIpc) is 2.43. The summed E-state index contributed by atoms with van der Waals surface area (Å²) >= 11 is 0. The fourth-order valence-electron chi connectivity index (χ4n) is 2.63. The maximum atomic E-state index is 12.4. The third-order valence-electron chi connectivity index (χ3n) is 3.76.